The highest BCUT2D eigenvalue weighted by Crippen LogP contribution is 2.42. The lowest BCUT2D eigenvalue weighted by Gasteiger charge is -2.19. The molecule has 358 valence electrons. The molecule has 0 aliphatic rings. The van der Waals surface area contributed by atoms with Gasteiger partial charge in [-0.2, -0.15) is 0 Å². The second-order valence-electron chi connectivity index (χ2n) is 18.5. The van der Waals surface area contributed by atoms with Crippen LogP contribution in [0.15, 0.2) is 109 Å². The molecule has 0 radical (unpaired) electrons. The Kier molecular flexibility index (Phi) is 25.4. The van der Waals surface area contributed by atoms with E-state index in [1.54, 1.807) is 0 Å². The molecular weight excluding hydrogens is 809 g/mol. The quantitative estimate of drug-likeness (QED) is 0.0375. The second-order valence-corrected chi connectivity index (χ2v) is 18.5. The summed E-state index contributed by atoms with van der Waals surface area (Å²) in [7, 11) is 0. The molecule has 0 aromatic heterocycles. The number of benzene rings is 5. The molecule has 5 aromatic carbocycles. The Morgan fingerprint density at radius 1 is 0.242 bits per heavy atom. The maximum Gasteiger partial charge on any atom is 0.128 e. The molecule has 0 heterocycles. The van der Waals surface area contributed by atoms with Crippen molar-refractivity contribution >= 4 is 0 Å². The maximum absolute atomic E-state index is 6.58. The Hall–Kier alpha value is -4.70. The van der Waals surface area contributed by atoms with Gasteiger partial charge in [0.05, 0.1) is 26.4 Å². The summed E-state index contributed by atoms with van der Waals surface area (Å²) in [6.45, 7) is 11.9. The molecule has 4 heteroatoms. The molecule has 0 fully saturated rings. The summed E-state index contributed by atoms with van der Waals surface area (Å²) in [6.07, 6.45) is 30.8. The summed E-state index contributed by atoms with van der Waals surface area (Å²) in [4.78, 5) is 0. The molecule has 0 amide bonds. The summed E-state index contributed by atoms with van der Waals surface area (Å²) in [5.74, 6) is 3.66. The topological polar surface area (TPSA) is 36.9 Å². The minimum absolute atomic E-state index is 0.669. The molecule has 0 unspecified atom stereocenters. The smallest absolute Gasteiger partial charge is 0.128 e. The molecule has 66 heavy (non-hydrogen) atoms. The first kappa shape index (κ1) is 52.3. The summed E-state index contributed by atoms with van der Waals surface area (Å²) in [5.41, 5.74) is 9.04. The molecule has 0 bridgehead atoms. The van der Waals surface area contributed by atoms with Gasteiger partial charge in [-0.25, -0.2) is 0 Å². The molecule has 0 aliphatic heterocycles. The molecule has 0 saturated heterocycles. The van der Waals surface area contributed by atoms with Crippen molar-refractivity contribution in [1.82, 2.24) is 0 Å². The summed E-state index contributed by atoms with van der Waals surface area (Å²) in [6, 6.07) is 39.2. The highest BCUT2D eigenvalue weighted by Gasteiger charge is 2.17. The molecule has 5 rings (SSSR count). The Labute approximate surface area is 402 Å². The van der Waals surface area contributed by atoms with Gasteiger partial charge in [-0.3, -0.25) is 0 Å². The van der Waals surface area contributed by atoms with Gasteiger partial charge in [0.1, 0.15) is 23.0 Å². The van der Waals surface area contributed by atoms with E-state index >= 15 is 0 Å². The minimum atomic E-state index is 0.669. The van der Waals surface area contributed by atoms with Crippen molar-refractivity contribution in [2.75, 3.05) is 26.4 Å². The van der Waals surface area contributed by atoms with Gasteiger partial charge in [0.25, 0.3) is 0 Å². The third kappa shape index (κ3) is 18.9. The van der Waals surface area contributed by atoms with E-state index in [1.165, 1.54) is 138 Å². The van der Waals surface area contributed by atoms with Crippen LogP contribution in [-0.4, -0.2) is 26.4 Å². The first-order chi connectivity index (χ1) is 32.6. The number of rotatable bonds is 36. The highest BCUT2D eigenvalue weighted by molar-refractivity contribution is 5.83. The van der Waals surface area contributed by atoms with Crippen molar-refractivity contribution in [2.45, 2.75) is 182 Å². The van der Waals surface area contributed by atoms with Gasteiger partial charge in [0, 0.05) is 11.1 Å². The SMILES string of the molecule is CCCCCCCCCCCCOc1ccc(-c2ccc(-c3cc(OCCCC)c(-c4ccc(-c5ccc(OCCCCCCCCCCCC)cc5)cc4)cc3OCCCC)cc2)cc1. The summed E-state index contributed by atoms with van der Waals surface area (Å²) >= 11 is 0. The number of ether oxygens (including phenoxy) is 4. The maximum atomic E-state index is 6.58. The van der Waals surface area contributed by atoms with Crippen molar-refractivity contribution in [2.24, 2.45) is 0 Å². The fraction of sp³-hybridized carbons (Fsp3) is 0.516. The van der Waals surface area contributed by atoms with E-state index in [0.29, 0.717) is 13.2 Å². The van der Waals surface area contributed by atoms with Crippen LogP contribution in [0.1, 0.15) is 182 Å². The van der Waals surface area contributed by atoms with Gasteiger partial charge in [-0.1, -0.05) is 229 Å². The van der Waals surface area contributed by atoms with E-state index in [1.807, 2.05) is 0 Å². The third-order valence-electron chi connectivity index (χ3n) is 12.9. The van der Waals surface area contributed by atoms with E-state index in [9.17, 15) is 0 Å². The molecule has 4 nitrogen and oxygen atoms in total. The van der Waals surface area contributed by atoms with Crippen LogP contribution in [0.3, 0.4) is 0 Å². The van der Waals surface area contributed by atoms with Gasteiger partial charge in [0.15, 0.2) is 0 Å². The van der Waals surface area contributed by atoms with Crippen LogP contribution in [0, 0.1) is 0 Å². The lowest BCUT2D eigenvalue weighted by atomic mass is 9.95. The van der Waals surface area contributed by atoms with Gasteiger partial charge < -0.3 is 18.9 Å². The van der Waals surface area contributed by atoms with Crippen LogP contribution in [0.2, 0.25) is 0 Å². The molecular formula is C62H86O4. The van der Waals surface area contributed by atoms with Crippen molar-refractivity contribution < 1.29 is 18.9 Å². The Morgan fingerprint density at radius 2 is 0.485 bits per heavy atom. The first-order valence-corrected chi connectivity index (χ1v) is 26.7. The summed E-state index contributed by atoms with van der Waals surface area (Å²) in [5, 5.41) is 0. The van der Waals surface area contributed by atoms with Crippen LogP contribution in [0.5, 0.6) is 23.0 Å². The standard InChI is InChI=1S/C62H86O4/c1-5-9-13-15-17-19-21-23-25-27-47-63-57-41-37-53(38-42-57)51-29-33-55(34-30-51)59-49-62(66-46-12-8-4)60(50-61(59)65-45-11-7-3)56-35-31-52(32-36-56)54-39-43-58(44-40-54)64-48-28-26-24-22-20-18-16-14-10-6-2/h29-44,49-50H,5-28,45-48H2,1-4H3. The second kappa shape index (κ2) is 32.1. The predicted molar refractivity (Wildman–Crippen MR) is 284 cm³/mol. The third-order valence-corrected chi connectivity index (χ3v) is 12.9. The average Bonchev–Trinajstić information content (AvgIpc) is 3.36. The van der Waals surface area contributed by atoms with E-state index in [-0.39, 0.29) is 0 Å². The molecule has 5 aromatic rings. The van der Waals surface area contributed by atoms with E-state index < -0.39 is 0 Å². The van der Waals surface area contributed by atoms with Gasteiger partial charge in [0.2, 0.25) is 0 Å². The van der Waals surface area contributed by atoms with Crippen molar-refractivity contribution in [3.05, 3.63) is 109 Å². The molecule has 0 atom stereocenters. The van der Waals surface area contributed by atoms with Crippen LogP contribution >= 0.6 is 0 Å². The molecule has 0 aliphatic carbocycles. The van der Waals surface area contributed by atoms with E-state index in [0.717, 1.165) is 97.0 Å². The fourth-order valence-electron chi connectivity index (χ4n) is 8.63. The van der Waals surface area contributed by atoms with Crippen LogP contribution in [0.4, 0.5) is 0 Å². The van der Waals surface area contributed by atoms with E-state index in [4.69, 9.17) is 18.9 Å². The number of unbranched alkanes of at least 4 members (excludes halogenated alkanes) is 20. The minimum Gasteiger partial charge on any atom is -0.494 e. The molecule has 0 spiro atoms. The van der Waals surface area contributed by atoms with Gasteiger partial charge >= 0.3 is 0 Å². The zero-order valence-electron chi connectivity index (χ0n) is 41.8. The monoisotopic (exact) mass is 895 g/mol. The normalized spacial score (nSPS) is 11.2. The fourth-order valence-corrected chi connectivity index (χ4v) is 8.63. The van der Waals surface area contributed by atoms with Gasteiger partial charge in [-0.05, 0) is 95.5 Å². The zero-order chi connectivity index (χ0) is 46.3. The molecule has 0 saturated carbocycles. The van der Waals surface area contributed by atoms with Crippen molar-refractivity contribution in [3.63, 3.8) is 0 Å². The Bertz CT molecular complexity index is 1830. The van der Waals surface area contributed by atoms with Crippen LogP contribution in [0.25, 0.3) is 44.5 Å². The number of hydrogen-bond acceptors (Lipinski definition) is 4. The predicted octanol–water partition coefficient (Wildman–Crippen LogP) is 19.3. The lowest BCUT2D eigenvalue weighted by Crippen LogP contribution is -2.02. The molecule has 0 N–H and O–H groups in total. The Balaban J connectivity index is 1.19. The van der Waals surface area contributed by atoms with Crippen molar-refractivity contribution in [1.29, 1.82) is 0 Å². The van der Waals surface area contributed by atoms with Gasteiger partial charge in [-0.15, -0.1) is 0 Å². The number of hydrogen-bond donors (Lipinski definition) is 0. The Morgan fingerprint density at radius 3 is 0.788 bits per heavy atom. The average molecular weight is 895 g/mol. The first-order valence-electron chi connectivity index (χ1n) is 26.7. The zero-order valence-corrected chi connectivity index (χ0v) is 41.8. The van der Waals surface area contributed by atoms with E-state index in [2.05, 4.69) is 137 Å². The lowest BCUT2D eigenvalue weighted by molar-refractivity contribution is 0.303. The largest absolute Gasteiger partial charge is 0.494 e. The summed E-state index contributed by atoms with van der Waals surface area (Å²) < 4.78 is 25.4. The van der Waals surface area contributed by atoms with Crippen LogP contribution < -0.4 is 18.9 Å². The van der Waals surface area contributed by atoms with Crippen LogP contribution in [-0.2, 0) is 0 Å². The van der Waals surface area contributed by atoms with Crippen molar-refractivity contribution in [3.8, 4) is 67.5 Å². The highest BCUT2D eigenvalue weighted by atomic mass is 16.5.